The van der Waals surface area contributed by atoms with E-state index in [0.717, 1.165) is 31.4 Å². The van der Waals surface area contributed by atoms with Crippen LogP contribution in [0.25, 0.3) is 0 Å². The molecule has 0 saturated carbocycles. The first kappa shape index (κ1) is 21.1. The number of phenols is 3. The molecule has 25 heavy (non-hydrogen) atoms. The van der Waals surface area contributed by atoms with Crippen LogP contribution in [0.15, 0.2) is 12.1 Å². The Balaban J connectivity index is 2.34. The summed E-state index contributed by atoms with van der Waals surface area (Å²) in [5.74, 6) is -2.29. The Hall–Kier alpha value is -1.95. The molecule has 6 nitrogen and oxygen atoms in total. The van der Waals surface area contributed by atoms with E-state index >= 15 is 0 Å². The van der Waals surface area contributed by atoms with Gasteiger partial charge in [0.05, 0.1) is 12.6 Å². The summed E-state index contributed by atoms with van der Waals surface area (Å²) in [6.07, 6.45) is 10.1. The van der Waals surface area contributed by atoms with E-state index in [2.05, 4.69) is 12.2 Å². The highest BCUT2D eigenvalue weighted by atomic mass is 16.3. The highest BCUT2D eigenvalue weighted by Gasteiger charge is 2.16. The molecule has 1 amide bonds. The predicted molar refractivity (Wildman–Crippen MR) is 97.0 cm³/mol. The van der Waals surface area contributed by atoms with Crippen LogP contribution >= 0.6 is 0 Å². The van der Waals surface area contributed by atoms with Crippen LogP contribution in [0.3, 0.4) is 0 Å². The van der Waals surface area contributed by atoms with Gasteiger partial charge in [-0.1, -0.05) is 58.3 Å². The lowest BCUT2D eigenvalue weighted by molar-refractivity contribution is 0.0911. The molecule has 0 aliphatic carbocycles. The molecule has 0 aliphatic rings. The van der Waals surface area contributed by atoms with Crippen molar-refractivity contribution >= 4 is 5.91 Å². The fourth-order valence-corrected chi connectivity index (χ4v) is 2.74. The first-order valence-electron chi connectivity index (χ1n) is 9.16. The summed E-state index contributed by atoms with van der Waals surface area (Å²) in [5, 5.41) is 40.3. The fourth-order valence-electron chi connectivity index (χ4n) is 2.74. The van der Waals surface area contributed by atoms with Crippen molar-refractivity contribution in [1.82, 2.24) is 5.32 Å². The van der Waals surface area contributed by atoms with Gasteiger partial charge in [0.25, 0.3) is 5.91 Å². The summed E-state index contributed by atoms with van der Waals surface area (Å²) >= 11 is 0. The van der Waals surface area contributed by atoms with Crippen molar-refractivity contribution in [2.45, 2.75) is 70.8 Å². The summed E-state index contributed by atoms with van der Waals surface area (Å²) in [4.78, 5) is 12.1. The zero-order chi connectivity index (χ0) is 18.7. The quantitative estimate of drug-likeness (QED) is 0.292. The maximum atomic E-state index is 12.1. The van der Waals surface area contributed by atoms with Gasteiger partial charge in [0.15, 0.2) is 17.2 Å². The molecule has 0 bridgehead atoms. The van der Waals surface area contributed by atoms with Gasteiger partial charge in [-0.2, -0.15) is 0 Å². The molecule has 0 saturated heterocycles. The van der Waals surface area contributed by atoms with Gasteiger partial charge in [0, 0.05) is 5.56 Å². The third kappa shape index (κ3) is 7.65. The van der Waals surface area contributed by atoms with Gasteiger partial charge in [0.1, 0.15) is 0 Å². The van der Waals surface area contributed by atoms with Crippen molar-refractivity contribution in [1.29, 1.82) is 0 Å². The molecular weight excluding hydrogens is 322 g/mol. The molecule has 0 spiro atoms. The van der Waals surface area contributed by atoms with E-state index in [1.165, 1.54) is 32.1 Å². The molecule has 1 rings (SSSR count). The molecule has 1 atom stereocenters. The second kappa shape index (κ2) is 11.6. The van der Waals surface area contributed by atoms with E-state index in [1.807, 2.05) is 0 Å². The molecule has 1 aromatic carbocycles. The van der Waals surface area contributed by atoms with Crippen molar-refractivity contribution < 1.29 is 25.2 Å². The third-order valence-corrected chi connectivity index (χ3v) is 4.29. The summed E-state index contributed by atoms with van der Waals surface area (Å²) in [6.45, 7) is 2.03. The normalized spacial score (nSPS) is 12.1. The minimum atomic E-state index is -0.658. The van der Waals surface area contributed by atoms with Crippen LogP contribution in [-0.2, 0) is 0 Å². The first-order chi connectivity index (χ1) is 12.0. The molecule has 1 aromatic rings. The average Bonchev–Trinajstić information content (AvgIpc) is 2.60. The number of nitrogens with one attached hydrogen (secondary N) is 1. The van der Waals surface area contributed by atoms with E-state index in [4.69, 9.17) is 0 Å². The van der Waals surface area contributed by atoms with E-state index in [9.17, 15) is 25.2 Å². The highest BCUT2D eigenvalue weighted by molar-refractivity contribution is 5.95. The average molecular weight is 353 g/mol. The molecule has 0 fully saturated rings. The predicted octanol–water partition coefficient (Wildman–Crippen LogP) is 3.42. The van der Waals surface area contributed by atoms with Gasteiger partial charge in [0.2, 0.25) is 0 Å². The number of amides is 1. The number of hydrogen-bond acceptors (Lipinski definition) is 5. The maximum Gasteiger partial charge on any atom is 0.251 e. The third-order valence-electron chi connectivity index (χ3n) is 4.29. The van der Waals surface area contributed by atoms with Crippen LogP contribution in [-0.4, -0.2) is 39.0 Å². The zero-order valence-electron chi connectivity index (χ0n) is 15.0. The van der Waals surface area contributed by atoms with Gasteiger partial charge in [-0.05, 0) is 18.6 Å². The smallest absolute Gasteiger partial charge is 0.251 e. The molecule has 0 radical (unpaired) electrons. The van der Waals surface area contributed by atoms with Gasteiger partial charge >= 0.3 is 0 Å². The Labute approximate surface area is 149 Å². The molecule has 1 unspecified atom stereocenters. The number of benzene rings is 1. The standard InChI is InChI=1S/C19H31NO5/c1-2-3-4-5-6-7-8-9-10-15(13-21)20-19(25)14-11-16(22)18(24)17(23)12-14/h11-12,15,21-24H,2-10,13H2,1H3,(H,20,25). The van der Waals surface area contributed by atoms with Gasteiger partial charge in [-0.3, -0.25) is 4.79 Å². The Morgan fingerprint density at radius 2 is 1.48 bits per heavy atom. The van der Waals surface area contributed by atoms with Crippen molar-refractivity contribution in [3.8, 4) is 17.2 Å². The molecule has 0 aromatic heterocycles. The minimum Gasteiger partial charge on any atom is -0.504 e. The number of carbonyl (C=O) groups is 1. The monoisotopic (exact) mass is 353 g/mol. The van der Waals surface area contributed by atoms with Crippen molar-refractivity contribution in [3.05, 3.63) is 17.7 Å². The molecule has 0 aliphatic heterocycles. The lowest BCUT2D eigenvalue weighted by Crippen LogP contribution is -2.37. The number of aliphatic hydroxyl groups is 1. The Morgan fingerprint density at radius 3 is 2.00 bits per heavy atom. The van der Waals surface area contributed by atoms with Crippen LogP contribution in [0, 0.1) is 0 Å². The van der Waals surface area contributed by atoms with Crippen LogP contribution < -0.4 is 5.32 Å². The van der Waals surface area contributed by atoms with Crippen LogP contribution in [0.4, 0.5) is 0 Å². The molecule has 142 valence electrons. The number of aromatic hydroxyl groups is 3. The Morgan fingerprint density at radius 1 is 0.960 bits per heavy atom. The van der Waals surface area contributed by atoms with Gasteiger partial charge in [-0.25, -0.2) is 0 Å². The molecule has 5 N–H and O–H groups in total. The topological polar surface area (TPSA) is 110 Å². The van der Waals surface area contributed by atoms with Gasteiger partial charge in [-0.15, -0.1) is 0 Å². The Bertz CT molecular complexity index is 510. The van der Waals surface area contributed by atoms with E-state index in [0.29, 0.717) is 6.42 Å². The van der Waals surface area contributed by atoms with Crippen molar-refractivity contribution in [3.63, 3.8) is 0 Å². The number of hydrogen-bond donors (Lipinski definition) is 5. The fraction of sp³-hybridized carbons (Fsp3) is 0.632. The van der Waals surface area contributed by atoms with Crippen LogP contribution in [0.1, 0.15) is 75.1 Å². The number of phenolic OH excluding ortho intramolecular Hbond substituents is 3. The summed E-state index contributed by atoms with van der Waals surface area (Å²) in [6, 6.07) is 1.79. The van der Waals surface area contributed by atoms with E-state index < -0.39 is 23.2 Å². The molecule has 6 heteroatoms. The summed E-state index contributed by atoms with van der Waals surface area (Å²) in [5.41, 5.74) is 0.0298. The van der Waals surface area contributed by atoms with Crippen molar-refractivity contribution in [2.75, 3.05) is 6.61 Å². The van der Waals surface area contributed by atoms with E-state index in [1.54, 1.807) is 0 Å². The number of carbonyl (C=O) groups excluding carboxylic acids is 1. The summed E-state index contributed by atoms with van der Waals surface area (Å²) in [7, 11) is 0. The second-order valence-corrected chi connectivity index (χ2v) is 6.48. The molecular formula is C19H31NO5. The lowest BCUT2D eigenvalue weighted by atomic mass is 10.0. The molecule has 0 heterocycles. The largest absolute Gasteiger partial charge is 0.504 e. The minimum absolute atomic E-state index is 0.0298. The summed E-state index contributed by atoms with van der Waals surface area (Å²) < 4.78 is 0. The number of aliphatic hydroxyl groups excluding tert-OH is 1. The maximum absolute atomic E-state index is 12.1. The van der Waals surface area contributed by atoms with Crippen LogP contribution in [0.2, 0.25) is 0 Å². The number of unbranched alkanes of at least 4 members (excludes halogenated alkanes) is 7. The Kier molecular flexibility index (Phi) is 9.77. The van der Waals surface area contributed by atoms with Crippen LogP contribution in [0.5, 0.6) is 17.2 Å². The zero-order valence-corrected chi connectivity index (χ0v) is 15.0. The second-order valence-electron chi connectivity index (χ2n) is 6.48. The number of rotatable bonds is 12. The van der Waals surface area contributed by atoms with E-state index in [-0.39, 0.29) is 18.2 Å². The SMILES string of the molecule is CCCCCCCCCCC(CO)NC(=O)c1cc(O)c(O)c(O)c1. The van der Waals surface area contributed by atoms with Crippen molar-refractivity contribution in [2.24, 2.45) is 0 Å². The lowest BCUT2D eigenvalue weighted by Gasteiger charge is -2.16. The van der Waals surface area contributed by atoms with Gasteiger partial charge < -0.3 is 25.7 Å². The first-order valence-corrected chi connectivity index (χ1v) is 9.16. The highest BCUT2D eigenvalue weighted by Crippen LogP contribution is 2.35.